The van der Waals surface area contributed by atoms with Crippen molar-refractivity contribution in [3.63, 3.8) is 0 Å². The van der Waals surface area contributed by atoms with E-state index in [9.17, 15) is 19.2 Å². The Hall–Kier alpha value is -2.64. The van der Waals surface area contributed by atoms with Gasteiger partial charge in [-0.2, -0.15) is 0 Å². The molecule has 0 bridgehead atoms. The Morgan fingerprint density at radius 2 is 1.68 bits per heavy atom. The molecule has 0 fully saturated rings. The number of aromatic nitrogens is 1. The first kappa shape index (κ1) is 20.4. The Bertz CT molecular complexity index is 713. The second-order valence-electron chi connectivity index (χ2n) is 6.92. The smallest absolute Gasteiger partial charge is 0.355 e. The first-order valence-electron chi connectivity index (χ1n) is 7.87. The van der Waals surface area contributed by atoms with Gasteiger partial charge in [-0.05, 0) is 54.0 Å². The van der Waals surface area contributed by atoms with Crippen molar-refractivity contribution in [2.24, 2.45) is 0 Å². The molecule has 0 aliphatic heterocycles. The van der Waals surface area contributed by atoms with Crippen LogP contribution >= 0.6 is 0 Å². The lowest BCUT2D eigenvalue weighted by atomic mass is 10.1. The van der Waals surface area contributed by atoms with Gasteiger partial charge in [0.25, 0.3) is 5.91 Å². The molecule has 1 rings (SSSR count). The molecule has 1 heterocycles. The van der Waals surface area contributed by atoms with Crippen molar-refractivity contribution in [1.29, 1.82) is 0 Å². The van der Waals surface area contributed by atoms with Gasteiger partial charge in [-0.3, -0.25) is 14.9 Å². The van der Waals surface area contributed by atoms with Gasteiger partial charge in [0, 0.05) is 16.8 Å². The Balaban J connectivity index is 2.77. The van der Waals surface area contributed by atoms with Gasteiger partial charge in [-0.15, -0.1) is 0 Å². The van der Waals surface area contributed by atoms with Crippen molar-refractivity contribution in [2.45, 2.75) is 60.1 Å². The van der Waals surface area contributed by atoms with Gasteiger partial charge in [0.15, 0.2) is 11.9 Å². The van der Waals surface area contributed by atoms with Crippen LogP contribution in [0.15, 0.2) is 0 Å². The predicted octanol–water partition coefficient (Wildman–Crippen LogP) is 2.00. The summed E-state index contributed by atoms with van der Waals surface area (Å²) in [4.78, 5) is 50.3. The van der Waals surface area contributed by atoms with Crippen LogP contribution < -0.4 is 10.6 Å². The highest BCUT2D eigenvalue weighted by Crippen LogP contribution is 2.19. The number of Topliss-reactive ketones (excluding diaryl/α,β-unsaturated/α-hetero) is 1. The molecule has 0 spiro atoms. The molecule has 3 N–H and O–H groups in total. The zero-order valence-electron chi connectivity index (χ0n) is 15.6. The number of rotatable bonds is 4. The minimum atomic E-state index is -1.18. The summed E-state index contributed by atoms with van der Waals surface area (Å²) < 4.78 is 5.08. The van der Waals surface area contributed by atoms with Gasteiger partial charge in [0.1, 0.15) is 5.69 Å². The number of nitrogens with one attached hydrogen (secondary N) is 3. The summed E-state index contributed by atoms with van der Waals surface area (Å²) in [6.45, 7) is 11.4. The Morgan fingerprint density at radius 3 is 2.12 bits per heavy atom. The van der Waals surface area contributed by atoms with E-state index in [1.807, 2.05) is 0 Å². The van der Waals surface area contributed by atoms with Crippen LogP contribution in [0.3, 0.4) is 0 Å². The molecule has 1 aromatic heterocycles. The minimum absolute atomic E-state index is 0.112. The summed E-state index contributed by atoms with van der Waals surface area (Å²) in [5, 5.41) is 4.68. The molecule has 0 radical (unpaired) electrons. The molecule has 0 aliphatic carbocycles. The molecule has 0 saturated carbocycles. The number of carbonyl (C=O) groups is 4. The summed E-state index contributed by atoms with van der Waals surface area (Å²) >= 11 is 0. The highest BCUT2D eigenvalue weighted by atomic mass is 16.5. The topological polar surface area (TPSA) is 117 Å². The fourth-order valence-corrected chi connectivity index (χ4v) is 2.34. The van der Waals surface area contributed by atoms with Crippen LogP contribution in [0.4, 0.5) is 4.79 Å². The van der Waals surface area contributed by atoms with E-state index in [1.54, 1.807) is 34.6 Å². The monoisotopic (exact) mass is 351 g/mol. The highest BCUT2D eigenvalue weighted by Gasteiger charge is 2.26. The average Bonchev–Trinajstić information content (AvgIpc) is 2.71. The second kappa shape index (κ2) is 7.50. The van der Waals surface area contributed by atoms with Crippen LogP contribution in [0.5, 0.6) is 0 Å². The summed E-state index contributed by atoms with van der Waals surface area (Å²) in [7, 11) is 0. The fourth-order valence-electron chi connectivity index (χ4n) is 2.34. The van der Waals surface area contributed by atoms with Crippen LogP contribution in [-0.4, -0.2) is 40.3 Å². The van der Waals surface area contributed by atoms with Crippen LogP contribution in [0, 0.1) is 13.8 Å². The SMILES string of the molecule is CC(=O)c1c(C)[nH]c(C(=O)OC(C)C(=O)NC(=O)NC(C)(C)C)c1C. The highest BCUT2D eigenvalue weighted by molar-refractivity contribution is 6.02. The zero-order chi connectivity index (χ0) is 19.5. The van der Waals surface area contributed by atoms with E-state index in [1.165, 1.54) is 13.8 Å². The van der Waals surface area contributed by atoms with Gasteiger partial charge < -0.3 is 15.0 Å². The van der Waals surface area contributed by atoms with Crippen molar-refractivity contribution < 1.29 is 23.9 Å². The third-order valence-corrected chi connectivity index (χ3v) is 3.37. The van der Waals surface area contributed by atoms with Crippen molar-refractivity contribution in [2.75, 3.05) is 0 Å². The maximum Gasteiger partial charge on any atom is 0.355 e. The Labute approximate surface area is 146 Å². The summed E-state index contributed by atoms with van der Waals surface area (Å²) in [6, 6.07) is -0.675. The van der Waals surface area contributed by atoms with E-state index in [0.29, 0.717) is 16.8 Å². The molecule has 1 unspecified atom stereocenters. The number of H-pyrrole nitrogens is 1. The maximum absolute atomic E-state index is 12.2. The lowest BCUT2D eigenvalue weighted by Crippen LogP contribution is -2.50. The Morgan fingerprint density at radius 1 is 1.12 bits per heavy atom. The van der Waals surface area contributed by atoms with E-state index in [-0.39, 0.29) is 11.5 Å². The number of carbonyl (C=O) groups excluding carboxylic acids is 4. The number of hydrogen-bond donors (Lipinski definition) is 3. The first-order valence-corrected chi connectivity index (χ1v) is 7.87. The minimum Gasteiger partial charge on any atom is -0.448 e. The number of urea groups is 1. The maximum atomic E-state index is 12.2. The molecule has 138 valence electrons. The van der Waals surface area contributed by atoms with Crippen LogP contribution in [0.25, 0.3) is 0 Å². The summed E-state index contributed by atoms with van der Waals surface area (Å²) in [6.07, 6.45) is -1.18. The predicted molar refractivity (Wildman–Crippen MR) is 91.6 cm³/mol. The average molecular weight is 351 g/mol. The molecule has 8 nitrogen and oxygen atoms in total. The second-order valence-corrected chi connectivity index (χ2v) is 6.92. The number of ether oxygens (including phenoxy) is 1. The van der Waals surface area contributed by atoms with Crippen LogP contribution in [0.2, 0.25) is 0 Å². The largest absolute Gasteiger partial charge is 0.448 e. The molecule has 25 heavy (non-hydrogen) atoms. The van der Waals surface area contributed by atoms with Crippen molar-refractivity contribution in [3.05, 3.63) is 22.5 Å². The third-order valence-electron chi connectivity index (χ3n) is 3.37. The molecule has 1 atom stereocenters. The van der Waals surface area contributed by atoms with Crippen molar-refractivity contribution in [3.8, 4) is 0 Å². The molecule has 0 aromatic carbocycles. The zero-order valence-corrected chi connectivity index (χ0v) is 15.6. The van der Waals surface area contributed by atoms with Gasteiger partial charge in [0.05, 0.1) is 0 Å². The number of aromatic amines is 1. The van der Waals surface area contributed by atoms with Gasteiger partial charge in [-0.25, -0.2) is 9.59 Å². The number of amides is 3. The normalized spacial score (nSPS) is 12.3. The number of imide groups is 1. The number of aryl methyl sites for hydroxylation is 1. The lowest BCUT2D eigenvalue weighted by molar-refractivity contribution is -0.127. The number of hydrogen-bond acceptors (Lipinski definition) is 5. The molecule has 8 heteroatoms. The van der Waals surface area contributed by atoms with Crippen molar-refractivity contribution in [1.82, 2.24) is 15.6 Å². The fraction of sp³-hybridized carbons (Fsp3) is 0.529. The van der Waals surface area contributed by atoms with Gasteiger partial charge in [0.2, 0.25) is 0 Å². The number of esters is 1. The van der Waals surface area contributed by atoms with E-state index in [2.05, 4.69) is 15.6 Å². The lowest BCUT2D eigenvalue weighted by Gasteiger charge is -2.21. The number of ketones is 1. The molecular weight excluding hydrogens is 326 g/mol. The van der Waals surface area contributed by atoms with E-state index in [4.69, 9.17) is 4.74 Å². The van der Waals surface area contributed by atoms with E-state index >= 15 is 0 Å². The quantitative estimate of drug-likeness (QED) is 0.566. The molecular formula is C17H25N3O5. The van der Waals surface area contributed by atoms with E-state index < -0.39 is 29.6 Å². The summed E-state index contributed by atoms with van der Waals surface area (Å²) in [5.41, 5.74) is 1.05. The van der Waals surface area contributed by atoms with Gasteiger partial charge >= 0.3 is 12.0 Å². The Kier molecular flexibility index (Phi) is 6.12. The van der Waals surface area contributed by atoms with Crippen LogP contribution in [0.1, 0.15) is 66.7 Å². The third kappa shape index (κ3) is 5.44. The molecule has 3 amide bonds. The first-order chi connectivity index (χ1) is 11.3. The van der Waals surface area contributed by atoms with Gasteiger partial charge in [-0.1, -0.05) is 0 Å². The standard InChI is InChI=1S/C17H25N3O5/c1-8-12(10(3)21)9(2)18-13(8)15(23)25-11(4)14(22)19-16(24)20-17(5,6)7/h11,18H,1-7H3,(H2,19,20,22,24). The summed E-state index contributed by atoms with van der Waals surface area (Å²) in [5.74, 6) is -1.69. The van der Waals surface area contributed by atoms with E-state index in [0.717, 1.165) is 0 Å². The molecule has 1 aromatic rings. The molecule has 0 saturated heterocycles. The van der Waals surface area contributed by atoms with Crippen LogP contribution in [-0.2, 0) is 9.53 Å². The van der Waals surface area contributed by atoms with Crippen molar-refractivity contribution >= 4 is 23.7 Å². The molecule has 0 aliphatic rings.